The van der Waals surface area contributed by atoms with Gasteiger partial charge in [0, 0.05) is 14.1 Å². The molecule has 0 saturated heterocycles. The third-order valence-electron chi connectivity index (χ3n) is 2.27. The van der Waals surface area contributed by atoms with Crippen molar-refractivity contribution in [3.05, 3.63) is 24.3 Å². The van der Waals surface area contributed by atoms with E-state index in [2.05, 4.69) is 4.72 Å². The molecule has 0 heterocycles. The van der Waals surface area contributed by atoms with Crippen LogP contribution in [0.1, 0.15) is 6.92 Å². The maximum absolute atomic E-state index is 11.9. The molecule has 1 rings (SSSR count). The third kappa shape index (κ3) is 3.44. The van der Waals surface area contributed by atoms with E-state index in [9.17, 15) is 18.3 Å². The van der Waals surface area contributed by atoms with Gasteiger partial charge in [-0.15, -0.1) is 0 Å². The molecular formula is C11H16N2O4S. The molecule has 2 N–H and O–H groups in total. The molecular weight excluding hydrogens is 256 g/mol. The second kappa shape index (κ2) is 5.36. The summed E-state index contributed by atoms with van der Waals surface area (Å²) in [6.07, 6.45) is 0. The van der Waals surface area contributed by atoms with Gasteiger partial charge in [0.25, 0.3) is 0 Å². The average molecular weight is 272 g/mol. The van der Waals surface area contributed by atoms with Gasteiger partial charge in [0.2, 0.25) is 15.9 Å². The van der Waals surface area contributed by atoms with Crippen LogP contribution in [-0.2, 0) is 14.8 Å². The van der Waals surface area contributed by atoms with Crippen LogP contribution in [0.25, 0.3) is 0 Å². The second-order valence-electron chi connectivity index (χ2n) is 4.07. The number of hydrogen-bond donors (Lipinski definition) is 2. The van der Waals surface area contributed by atoms with Gasteiger partial charge >= 0.3 is 0 Å². The van der Waals surface area contributed by atoms with Crippen molar-refractivity contribution in [3.63, 3.8) is 0 Å². The molecule has 1 unspecified atom stereocenters. The van der Waals surface area contributed by atoms with Crippen LogP contribution in [0.2, 0.25) is 0 Å². The topological polar surface area (TPSA) is 86.7 Å². The van der Waals surface area contributed by atoms with Crippen LogP contribution in [0.5, 0.6) is 5.75 Å². The van der Waals surface area contributed by atoms with Crippen LogP contribution >= 0.6 is 0 Å². The molecule has 0 aromatic heterocycles. The zero-order chi connectivity index (χ0) is 13.9. The number of nitrogens with zero attached hydrogens (tertiary/aromatic N) is 1. The molecule has 6 nitrogen and oxygen atoms in total. The molecule has 0 bridgehead atoms. The summed E-state index contributed by atoms with van der Waals surface area (Å²) in [5.41, 5.74) is 0. The summed E-state index contributed by atoms with van der Waals surface area (Å²) < 4.78 is 26.1. The molecule has 0 spiro atoms. The summed E-state index contributed by atoms with van der Waals surface area (Å²) in [7, 11) is -0.732. The molecule has 0 saturated carbocycles. The fourth-order valence-corrected chi connectivity index (χ4v) is 2.63. The number of phenols is 1. The van der Waals surface area contributed by atoms with Crippen LogP contribution in [-0.4, -0.2) is 44.5 Å². The molecule has 0 aliphatic carbocycles. The normalized spacial score (nSPS) is 13.1. The molecule has 1 aromatic carbocycles. The first-order valence-electron chi connectivity index (χ1n) is 5.26. The van der Waals surface area contributed by atoms with Gasteiger partial charge in [-0.1, -0.05) is 6.07 Å². The van der Waals surface area contributed by atoms with Crippen LogP contribution in [0.4, 0.5) is 0 Å². The number of carbonyl (C=O) groups excluding carboxylic acids is 1. The van der Waals surface area contributed by atoms with Crippen LogP contribution < -0.4 is 4.72 Å². The number of nitrogens with one attached hydrogen (secondary N) is 1. The summed E-state index contributed by atoms with van der Waals surface area (Å²) in [4.78, 5) is 12.8. The number of likely N-dealkylation sites (N-methyl/N-ethyl adjacent to an activating group) is 1. The lowest BCUT2D eigenvalue weighted by Gasteiger charge is -2.18. The molecule has 18 heavy (non-hydrogen) atoms. The van der Waals surface area contributed by atoms with Crippen molar-refractivity contribution in [2.24, 2.45) is 0 Å². The number of aromatic hydroxyl groups is 1. The van der Waals surface area contributed by atoms with E-state index < -0.39 is 16.1 Å². The number of sulfonamides is 1. The number of hydrogen-bond acceptors (Lipinski definition) is 4. The minimum atomic E-state index is -3.82. The smallest absolute Gasteiger partial charge is 0.241 e. The minimum absolute atomic E-state index is 0.0825. The van der Waals surface area contributed by atoms with Gasteiger partial charge in [-0.2, -0.15) is 4.72 Å². The zero-order valence-electron chi connectivity index (χ0n) is 10.4. The van der Waals surface area contributed by atoms with Crippen molar-refractivity contribution >= 4 is 15.9 Å². The number of phenolic OH excluding ortho intramolecular Hbond substituents is 1. The molecule has 1 aromatic rings. The number of carbonyl (C=O) groups is 1. The van der Waals surface area contributed by atoms with E-state index in [0.29, 0.717) is 0 Å². The Morgan fingerprint density at radius 1 is 1.39 bits per heavy atom. The average Bonchev–Trinajstić information content (AvgIpc) is 2.27. The van der Waals surface area contributed by atoms with Crippen molar-refractivity contribution in [1.82, 2.24) is 9.62 Å². The van der Waals surface area contributed by atoms with E-state index >= 15 is 0 Å². The molecule has 7 heteroatoms. The van der Waals surface area contributed by atoms with Gasteiger partial charge in [0.05, 0.1) is 10.9 Å². The standard InChI is InChI=1S/C11H16N2O4S/c1-8(11(15)13(2)3)12-18(16,17)10-6-4-5-9(14)7-10/h4-8,12,14H,1-3H3. The van der Waals surface area contributed by atoms with Crippen molar-refractivity contribution < 1.29 is 18.3 Å². The highest BCUT2D eigenvalue weighted by Crippen LogP contribution is 2.16. The first kappa shape index (κ1) is 14.5. The molecule has 0 radical (unpaired) electrons. The van der Waals surface area contributed by atoms with Crippen molar-refractivity contribution in [1.29, 1.82) is 0 Å². The maximum atomic E-state index is 11.9. The van der Waals surface area contributed by atoms with Crippen LogP contribution in [0.15, 0.2) is 29.2 Å². The lowest BCUT2D eigenvalue weighted by atomic mass is 10.3. The van der Waals surface area contributed by atoms with E-state index in [0.717, 1.165) is 6.07 Å². The van der Waals surface area contributed by atoms with Gasteiger partial charge in [-0.3, -0.25) is 4.79 Å². The SMILES string of the molecule is CC(NS(=O)(=O)c1cccc(O)c1)C(=O)N(C)C. The van der Waals surface area contributed by atoms with Crippen molar-refractivity contribution in [2.75, 3.05) is 14.1 Å². The summed E-state index contributed by atoms with van der Waals surface area (Å²) in [6.45, 7) is 1.46. The van der Waals surface area contributed by atoms with E-state index in [4.69, 9.17) is 0 Å². The molecule has 0 fully saturated rings. The van der Waals surface area contributed by atoms with Crippen molar-refractivity contribution in [2.45, 2.75) is 17.9 Å². The summed E-state index contributed by atoms with van der Waals surface area (Å²) in [5, 5.41) is 9.24. The van der Waals surface area contributed by atoms with Gasteiger partial charge < -0.3 is 10.0 Å². The lowest BCUT2D eigenvalue weighted by molar-refractivity contribution is -0.130. The van der Waals surface area contributed by atoms with Crippen LogP contribution in [0.3, 0.4) is 0 Å². The molecule has 100 valence electrons. The van der Waals surface area contributed by atoms with E-state index in [-0.39, 0.29) is 16.6 Å². The lowest BCUT2D eigenvalue weighted by Crippen LogP contribution is -2.44. The Morgan fingerprint density at radius 2 is 2.00 bits per heavy atom. The van der Waals surface area contributed by atoms with Crippen molar-refractivity contribution in [3.8, 4) is 5.75 Å². The third-order valence-corrected chi connectivity index (χ3v) is 3.81. The Balaban J connectivity index is 2.93. The monoisotopic (exact) mass is 272 g/mol. The largest absolute Gasteiger partial charge is 0.508 e. The van der Waals surface area contributed by atoms with Gasteiger partial charge in [-0.05, 0) is 25.1 Å². The summed E-state index contributed by atoms with van der Waals surface area (Å²) in [5.74, 6) is -0.497. The Labute approximate surface area is 106 Å². The predicted molar refractivity (Wildman–Crippen MR) is 66.6 cm³/mol. The molecule has 0 aliphatic rings. The summed E-state index contributed by atoms with van der Waals surface area (Å²) >= 11 is 0. The predicted octanol–water partition coefficient (Wildman–Crippen LogP) is 0.147. The highest BCUT2D eigenvalue weighted by Gasteiger charge is 2.23. The van der Waals surface area contributed by atoms with E-state index in [1.165, 1.54) is 30.0 Å². The zero-order valence-corrected chi connectivity index (χ0v) is 11.2. The fourth-order valence-electron chi connectivity index (χ4n) is 1.39. The molecule has 0 aliphatic heterocycles. The first-order valence-corrected chi connectivity index (χ1v) is 6.75. The van der Waals surface area contributed by atoms with E-state index in [1.807, 2.05) is 0 Å². The highest BCUT2D eigenvalue weighted by molar-refractivity contribution is 7.89. The Kier molecular flexibility index (Phi) is 4.31. The Hall–Kier alpha value is -1.60. The quantitative estimate of drug-likeness (QED) is 0.816. The Morgan fingerprint density at radius 3 is 2.50 bits per heavy atom. The number of benzene rings is 1. The van der Waals surface area contributed by atoms with Gasteiger partial charge in [0.15, 0.2) is 0 Å². The van der Waals surface area contributed by atoms with Gasteiger partial charge in [-0.25, -0.2) is 8.42 Å². The number of rotatable bonds is 4. The highest BCUT2D eigenvalue weighted by atomic mass is 32.2. The minimum Gasteiger partial charge on any atom is -0.508 e. The molecule has 1 amide bonds. The van der Waals surface area contributed by atoms with Crippen LogP contribution in [0, 0.1) is 0 Å². The second-order valence-corrected chi connectivity index (χ2v) is 5.79. The van der Waals surface area contributed by atoms with E-state index in [1.54, 1.807) is 14.1 Å². The summed E-state index contributed by atoms with van der Waals surface area (Å²) in [6, 6.07) is 4.38. The number of amides is 1. The fraction of sp³-hybridized carbons (Fsp3) is 0.364. The first-order chi connectivity index (χ1) is 8.24. The Bertz CT molecular complexity index is 540. The maximum Gasteiger partial charge on any atom is 0.241 e. The molecule has 1 atom stereocenters. The van der Waals surface area contributed by atoms with Gasteiger partial charge in [0.1, 0.15) is 5.75 Å².